The maximum absolute atomic E-state index is 12.2. The van der Waals surface area contributed by atoms with E-state index in [9.17, 15) is 8.42 Å². The van der Waals surface area contributed by atoms with E-state index < -0.39 is 9.84 Å². The van der Waals surface area contributed by atoms with E-state index in [0.29, 0.717) is 4.90 Å². The van der Waals surface area contributed by atoms with Crippen LogP contribution in [0.1, 0.15) is 24.8 Å². The smallest absolute Gasteiger partial charge is 0.179 e. The first kappa shape index (κ1) is 14.5. The average molecular weight is 396 g/mol. The highest BCUT2D eigenvalue weighted by Gasteiger charge is 2.45. The van der Waals surface area contributed by atoms with Crippen LogP contribution in [0.5, 0.6) is 0 Å². The first-order valence-corrected chi connectivity index (χ1v) is 9.84. The maximum Gasteiger partial charge on any atom is 0.179 e. The minimum absolute atomic E-state index is 0.0420. The molecule has 100 valence electrons. The molecule has 1 atom stereocenters. The van der Waals surface area contributed by atoms with Gasteiger partial charge in [0.25, 0.3) is 0 Å². The standard InChI is InChI=1S/C13H16Br2O2S/c1-2-13(8-14,9-15)11-7-18(16,17)12-6-4-3-5-10(11)12/h3-6,11H,2,7-9H2,1H3. The number of benzene rings is 1. The summed E-state index contributed by atoms with van der Waals surface area (Å²) in [6.45, 7) is 2.12. The lowest BCUT2D eigenvalue weighted by atomic mass is 9.74. The van der Waals surface area contributed by atoms with Gasteiger partial charge < -0.3 is 0 Å². The van der Waals surface area contributed by atoms with Crippen molar-refractivity contribution in [1.29, 1.82) is 0 Å². The second-order valence-electron chi connectivity index (χ2n) is 4.86. The lowest BCUT2D eigenvalue weighted by Crippen LogP contribution is -2.33. The van der Waals surface area contributed by atoms with Gasteiger partial charge >= 0.3 is 0 Å². The molecule has 0 saturated carbocycles. The maximum atomic E-state index is 12.2. The van der Waals surface area contributed by atoms with Gasteiger partial charge in [0.05, 0.1) is 10.6 Å². The molecule has 0 fully saturated rings. The van der Waals surface area contributed by atoms with Gasteiger partial charge in [-0.15, -0.1) is 0 Å². The summed E-state index contributed by atoms with van der Waals surface area (Å²) in [4.78, 5) is 0.523. The van der Waals surface area contributed by atoms with Gasteiger partial charge in [0.1, 0.15) is 0 Å². The van der Waals surface area contributed by atoms with E-state index in [2.05, 4.69) is 38.8 Å². The Morgan fingerprint density at radius 1 is 1.28 bits per heavy atom. The average Bonchev–Trinajstić information content (AvgIpc) is 2.66. The van der Waals surface area contributed by atoms with Crippen LogP contribution in [0.3, 0.4) is 0 Å². The zero-order valence-electron chi connectivity index (χ0n) is 10.2. The number of hydrogen-bond donors (Lipinski definition) is 0. The molecule has 1 aliphatic heterocycles. The number of sulfone groups is 1. The molecule has 2 rings (SSSR count). The van der Waals surface area contributed by atoms with E-state index in [-0.39, 0.29) is 17.1 Å². The Kier molecular flexibility index (Phi) is 4.24. The zero-order chi connectivity index (χ0) is 13.4. The van der Waals surface area contributed by atoms with E-state index >= 15 is 0 Å². The van der Waals surface area contributed by atoms with Crippen molar-refractivity contribution >= 4 is 41.7 Å². The molecular weight excluding hydrogens is 380 g/mol. The van der Waals surface area contributed by atoms with Gasteiger partial charge in [0.15, 0.2) is 9.84 Å². The van der Waals surface area contributed by atoms with Crippen molar-refractivity contribution in [1.82, 2.24) is 0 Å². The minimum atomic E-state index is -3.11. The SMILES string of the molecule is CCC(CBr)(CBr)C1CS(=O)(=O)c2ccccc21. The van der Waals surface area contributed by atoms with Crippen molar-refractivity contribution in [2.24, 2.45) is 5.41 Å². The van der Waals surface area contributed by atoms with Crippen molar-refractivity contribution in [3.63, 3.8) is 0 Å². The van der Waals surface area contributed by atoms with E-state index in [1.54, 1.807) is 12.1 Å². The third-order valence-electron chi connectivity index (χ3n) is 3.99. The van der Waals surface area contributed by atoms with Gasteiger partial charge in [0, 0.05) is 16.6 Å². The molecule has 0 aromatic heterocycles. The molecule has 0 spiro atoms. The molecule has 0 saturated heterocycles. The second kappa shape index (κ2) is 5.25. The Bertz CT molecular complexity index is 527. The fraction of sp³-hybridized carbons (Fsp3) is 0.538. The van der Waals surface area contributed by atoms with Crippen LogP contribution in [-0.4, -0.2) is 24.8 Å². The Morgan fingerprint density at radius 2 is 1.89 bits per heavy atom. The fourth-order valence-corrected chi connectivity index (χ4v) is 7.12. The Hall–Kier alpha value is 0.130. The van der Waals surface area contributed by atoms with Gasteiger partial charge in [-0.05, 0) is 23.5 Å². The second-order valence-corrected chi connectivity index (χ2v) is 7.98. The van der Waals surface area contributed by atoms with Gasteiger partial charge in [-0.2, -0.15) is 0 Å². The van der Waals surface area contributed by atoms with Gasteiger partial charge in [-0.3, -0.25) is 0 Å². The van der Waals surface area contributed by atoms with E-state index in [4.69, 9.17) is 0 Å². The minimum Gasteiger partial charge on any atom is -0.224 e. The van der Waals surface area contributed by atoms with Crippen molar-refractivity contribution in [2.75, 3.05) is 16.4 Å². The first-order chi connectivity index (χ1) is 8.50. The highest BCUT2D eigenvalue weighted by atomic mass is 79.9. The molecule has 1 heterocycles. The molecule has 1 aliphatic rings. The van der Waals surface area contributed by atoms with Crippen LogP contribution in [0.2, 0.25) is 0 Å². The third kappa shape index (κ3) is 2.18. The van der Waals surface area contributed by atoms with Crippen molar-refractivity contribution < 1.29 is 8.42 Å². The zero-order valence-corrected chi connectivity index (χ0v) is 14.2. The highest BCUT2D eigenvalue weighted by Crippen LogP contribution is 2.49. The number of rotatable bonds is 4. The lowest BCUT2D eigenvalue weighted by Gasteiger charge is -2.35. The molecule has 0 aliphatic carbocycles. The van der Waals surface area contributed by atoms with Crippen molar-refractivity contribution in [3.8, 4) is 0 Å². The topological polar surface area (TPSA) is 34.1 Å². The molecule has 5 heteroatoms. The predicted octanol–water partition coefficient (Wildman–Crippen LogP) is 3.74. The van der Waals surface area contributed by atoms with Crippen LogP contribution in [0.4, 0.5) is 0 Å². The number of alkyl halides is 2. The van der Waals surface area contributed by atoms with E-state index in [1.165, 1.54) is 0 Å². The molecule has 0 amide bonds. The molecule has 18 heavy (non-hydrogen) atoms. The number of hydrogen-bond acceptors (Lipinski definition) is 2. The molecule has 0 bridgehead atoms. The van der Waals surface area contributed by atoms with Gasteiger partial charge in [0.2, 0.25) is 0 Å². The van der Waals surface area contributed by atoms with Crippen LogP contribution in [0, 0.1) is 5.41 Å². The van der Waals surface area contributed by atoms with E-state index in [0.717, 1.165) is 22.6 Å². The third-order valence-corrected chi connectivity index (χ3v) is 8.04. The van der Waals surface area contributed by atoms with Crippen molar-refractivity contribution in [3.05, 3.63) is 29.8 Å². The molecular formula is C13H16Br2O2S. The fourth-order valence-electron chi connectivity index (χ4n) is 2.61. The monoisotopic (exact) mass is 394 g/mol. The molecule has 0 N–H and O–H groups in total. The molecule has 1 aromatic rings. The highest BCUT2D eigenvalue weighted by molar-refractivity contribution is 9.09. The van der Waals surface area contributed by atoms with Crippen LogP contribution in [0.25, 0.3) is 0 Å². The first-order valence-electron chi connectivity index (χ1n) is 5.94. The van der Waals surface area contributed by atoms with Crippen LogP contribution in [0.15, 0.2) is 29.2 Å². The van der Waals surface area contributed by atoms with Crippen LogP contribution >= 0.6 is 31.9 Å². The van der Waals surface area contributed by atoms with E-state index in [1.807, 2.05) is 12.1 Å². The quantitative estimate of drug-likeness (QED) is 0.727. The summed E-state index contributed by atoms with van der Waals surface area (Å²) < 4.78 is 24.5. The Balaban J connectivity index is 2.57. The summed E-state index contributed by atoms with van der Waals surface area (Å²) in [6.07, 6.45) is 0.942. The van der Waals surface area contributed by atoms with Gasteiger partial charge in [-0.1, -0.05) is 57.0 Å². The normalized spacial score (nSPS) is 21.8. The lowest BCUT2D eigenvalue weighted by molar-refractivity contribution is 0.314. The summed E-state index contributed by atoms with van der Waals surface area (Å²) >= 11 is 7.14. The van der Waals surface area contributed by atoms with Gasteiger partial charge in [-0.25, -0.2) is 8.42 Å². The summed E-state index contributed by atoms with van der Waals surface area (Å²) in [7, 11) is -3.11. The van der Waals surface area contributed by atoms with Crippen LogP contribution in [-0.2, 0) is 9.84 Å². The molecule has 1 unspecified atom stereocenters. The van der Waals surface area contributed by atoms with Crippen LogP contribution < -0.4 is 0 Å². The predicted molar refractivity (Wildman–Crippen MR) is 81.5 cm³/mol. The Morgan fingerprint density at radius 3 is 2.44 bits per heavy atom. The molecule has 1 aromatic carbocycles. The number of halogens is 2. The largest absolute Gasteiger partial charge is 0.224 e. The Labute approximate surface area is 125 Å². The molecule has 0 radical (unpaired) electrons. The summed E-state index contributed by atoms with van der Waals surface area (Å²) in [6, 6.07) is 7.41. The number of fused-ring (bicyclic) bond motifs is 1. The van der Waals surface area contributed by atoms with Crippen molar-refractivity contribution in [2.45, 2.75) is 24.2 Å². The summed E-state index contributed by atoms with van der Waals surface area (Å²) in [5.74, 6) is 0.305. The summed E-state index contributed by atoms with van der Waals surface area (Å²) in [5.41, 5.74) is 0.943. The molecule has 2 nitrogen and oxygen atoms in total. The summed E-state index contributed by atoms with van der Waals surface area (Å²) in [5, 5.41) is 1.60.